The first-order chi connectivity index (χ1) is 4.34. The van der Waals surface area contributed by atoms with Crippen molar-refractivity contribution in [1.82, 2.24) is 0 Å². The Hall–Kier alpha value is -0.110. The standard InChI is InChI=1S/C7H14FN/c8-7(5-9)6-3-1-2-4-6/h6-7H,1-5,9H2/t7-/m0/s1. The maximum absolute atomic E-state index is 12.7. The van der Waals surface area contributed by atoms with E-state index in [0.29, 0.717) is 0 Å². The van der Waals surface area contributed by atoms with Gasteiger partial charge in [0.05, 0.1) is 0 Å². The minimum absolute atomic E-state index is 0.213. The molecule has 9 heavy (non-hydrogen) atoms. The molecule has 1 atom stereocenters. The summed E-state index contributed by atoms with van der Waals surface area (Å²) in [5, 5.41) is 0. The van der Waals surface area contributed by atoms with Crippen LogP contribution in [0.3, 0.4) is 0 Å². The van der Waals surface area contributed by atoms with Crippen LogP contribution in [0, 0.1) is 5.92 Å². The van der Waals surface area contributed by atoms with Crippen LogP contribution < -0.4 is 5.73 Å². The second-order valence-electron chi connectivity index (χ2n) is 2.80. The molecule has 0 aromatic rings. The highest BCUT2D eigenvalue weighted by Crippen LogP contribution is 2.28. The van der Waals surface area contributed by atoms with E-state index in [2.05, 4.69) is 0 Å². The molecule has 54 valence electrons. The molecule has 1 aliphatic carbocycles. The largest absolute Gasteiger partial charge is 0.328 e. The van der Waals surface area contributed by atoms with E-state index in [4.69, 9.17) is 5.73 Å². The molecule has 0 radical (unpaired) electrons. The summed E-state index contributed by atoms with van der Waals surface area (Å²) in [7, 11) is 0. The van der Waals surface area contributed by atoms with Crippen molar-refractivity contribution >= 4 is 0 Å². The molecule has 0 amide bonds. The van der Waals surface area contributed by atoms with Crippen LogP contribution >= 0.6 is 0 Å². The zero-order valence-corrected chi connectivity index (χ0v) is 5.65. The average molecular weight is 131 g/mol. The van der Waals surface area contributed by atoms with Crippen LogP contribution in [0.1, 0.15) is 25.7 Å². The van der Waals surface area contributed by atoms with Crippen LogP contribution in [0.2, 0.25) is 0 Å². The van der Waals surface area contributed by atoms with Gasteiger partial charge in [-0.1, -0.05) is 12.8 Å². The highest BCUT2D eigenvalue weighted by molar-refractivity contribution is 4.74. The second-order valence-corrected chi connectivity index (χ2v) is 2.80. The highest BCUT2D eigenvalue weighted by atomic mass is 19.1. The maximum Gasteiger partial charge on any atom is 0.115 e. The van der Waals surface area contributed by atoms with E-state index in [1.165, 1.54) is 12.8 Å². The van der Waals surface area contributed by atoms with Gasteiger partial charge in [0.2, 0.25) is 0 Å². The van der Waals surface area contributed by atoms with Crippen molar-refractivity contribution < 1.29 is 4.39 Å². The van der Waals surface area contributed by atoms with Gasteiger partial charge in [-0.05, 0) is 18.8 Å². The molecule has 0 spiro atoms. The van der Waals surface area contributed by atoms with Crippen LogP contribution in [0.4, 0.5) is 4.39 Å². The Labute approximate surface area is 55.4 Å². The summed E-state index contributed by atoms with van der Waals surface area (Å²) in [5.74, 6) is 0.287. The van der Waals surface area contributed by atoms with E-state index in [-0.39, 0.29) is 12.5 Å². The van der Waals surface area contributed by atoms with E-state index >= 15 is 0 Å². The Morgan fingerprint density at radius 2 is 2.00 bits per heavy atom. The lowest BCUT2D eigenvalue weighted by Crippen LogP contribution is -2.22. The predicted octanol–water partition coefficient (Wildman–Crippen LogP) is 1.47. The molecule has 1 rings (SSSR count). The Morgan fingerprint density at radius 1 is 1.44 bits per heavy atom. The molecule has 0 saturated heterocycles. The first kappa shape index (κ1) is 7.00. The Bertz CT molecular complexity index is 79.0. The van der Waals surface area contributed by atoms with E-state index in [1.54, 1.807) is 0 Å². The Kier molecular flexibility index (Phi) is 2.46. The number of halogens is 1. The fourth-order valence-corrected chi connectivity index (χ4v) is 1.51. The van der Waals surface area contributed by atoms with Gasteiger partial charge >= 0.3 is 0 Å². The third-order valence-electron chi connectivity index (χ3n) is 2.14. The molecule has 1 nitrogen and oxygen atoms in total. The lowest BCUT2D eigenvalue weighted by atomic mass is 10.0. The van der Waals surface area contributed by atoms with Crippen molar-refractivity contribution in [2.45, 2.75) is 31.9 Å². The molecule has 0 heterocycles. The van der Waals surface area contributed by atoms with Crippen LogP contribution in [0.25, 0.3) is 0 Å². The molecule has 1 saturated carbocycles. The average Bonchev–Trinajstić information content (AvgIpc) is 2.37. The third-order valence-corrected chi connectivity index (χ3v) is 2.14. The number of alkyl halides is 1. The number of rotatable bonds is 2. The van der Waals surface area contributed by atoms with Gasteiger partial charge < -0.3 is 5.73 Å². The summed E-state index contributed by atoms with van der Waals surface area (Å²) < 4.78 is 12.7. The van der Waals surface area contributed by atoms with Gasteiger partial charge in [0, 0.05) is 6.54 Å². The van der Waals surface area contributed by atoms with Crippen molar-refractivity contribution in [3.63, 3.8) is 0 Å². The summed E-state index contributed by atoms with van der Waals surface area (Å²) in [5.41, 5.74) is 5.18. The molecular formula is C7H14FN. The van der Waals surface area contributed by atoms with Gasteiger partial charge in [-0.25, -0.2) is 4.39 Å². The van der Waals surface area contributed by atoms with E-state index in [0.717, 1.165) is 12.8 Å². The van der Waals surface area contributed by atoms with Crippen LogP contribution in [0.15, 0.2) is 0 Å². The summed E-state index contributed by atoms with van der Waals surface area (Å²) in [6.45, 7) is 0.213. The summed E-state index contributed by atoms with van der Waals surface area (Å²) in [6, 6.07) is 0. The van der Waals surface area contributed by atoms with Gasteiger partial charge in [0.15, 0.2) is 0 Å². The monoisotopic (exact) mass is 131 g/mol. The molecule has 0 unspecified atom stereocenters. The van der Waals surface area contributed by atoms with Crippen LogP contribution in [0.5, 0.6) is 0 Å². The molecule has 0 aromatic carbocycles. The fourth-order valence-electron chi connectivity index (χ4n) is 1.51. The Balaban J connectivity index is 2.24. The first-order valence-electron chi connectivity index (χ1n) is 3.68. The van der Waals surface area contributed by atoms with Gasteiger partial charge in [-0.2, -0.15) is 0 Å². The number of hydrogen-bond acceptors (Lipinski definition) is 1. The normalized spacial score (nSPS) is 24.7. The van der Waals surface area contributed by atoms with Gasteiger partial charge in [-0.3, -0.25) is 0 Å². The van der Waals surface area contributed by atoms with Gasteiger partial charge in [0.25, 0.3) is 0 Å². The molecule has 0 aromatic heterocycles. The molecular weight excluding hydrogens is 117 g/mol. The third kappa shape index (κ3) is 1.65. The van der Waals surface area contributed by atoms with Crippen molar-refractivity contribution in [2.75, 3.05) is 6.54 Å². The van der Waals surface area contributed by atoms with E-state index < -0.39 is 6.17 Å². The van der Waals surface area contributed by atoms with E-state index in [1.807, 2.05) is 0 Å². The molecule has 2 N–H and O–H groups in total. The Morgan fingerprint density at radius 3 is 2.44 bits per heavy atom. The highest BCUT2D eigenvalue weighted by Gasteiger charge is 2.22. The second kappa shape index (κ2) is 3.16. The summed E-state index contributed by atoms with van der Waals surface area (Å²) >= 11 is 0. The quantitative estimate of drug-likeness (QED) is 0.603. The van der Waals surface area contributed by atoms with Crippen molar-refractivity contribution in [3.05, 3.63) is 0 Å². The van der Waals surface area contributed by atoms with Crippen LogP contribution in [-0.2, 0) is 0 Å². The van der Waals surface area contributed by atoms with E-state index in [9.17, 15) is 4.39 Å². The maximum atomic E-state index is 12.7. The minimum Gasteiger partial charge on any atom is -0.328 e. The molecule has 1 fully saturated rings. The van der Waals surface area contributed by atoms with Crippen molar-refractivity contribution in [3.8, 4) is 0 Å². The lowest BCUT2D eigenvalue weighted by molar-refractivity contribution is 0.238. The fraction of sp³-hybridized carbons (Fsp3) is 1.00. The molecule has 2 heteroatoms. The van der Waals surface area contributed by atoms with Crippen molar-refractivity contribution in [2.24, 2.45) is 11.7 Å². The summed E-state index contributed by atoms with van der Waals surface area (Å²) in [6.07, 6.45) is 3.78. The zero-order valence-electron chi connectivity index (χ0n) is 5.65. The molecule has 0 bridgehead atoms. The van der Waals surface area contributed by atoms with Gasteiger partial charge in [-0.15, -0.1) is 0 Å². The minimum atomic E-state index is -0.729. The van der Waals surface area contributed by atoms with Crippen molar-refractivity contribution in [1.29, 1.82) is 0 Å². The first-order valence-corrected chi connectivity index (χ1v) is 3.68. The lowest BCUT2D eigenvalue weighted by Gasteiger charge is -2.11. The topological polar surface area (TPSA) is 26.0 Å². The smallest absolute Gasteiger partial charge is 0.115 e. The molecule has 0 aliphatic heterocycles. The molecule has 1 aliphatic rings. The number of nitrogens with two attached hydrogens (primary N) is 1. The summed E-state index contributed by atoms with van der Waals surface area (Å²) in [4.78, 5) is 0. The van der Waals surface area contributed by atoms with Crippen LogP contribution in [-0.4, -0.2) is 12.7 Å². The predicted molar refractivity (Wildman–Crippen MR) is 35.9 cm³/mol. The zero-order chi connectivity index (χ0) is 6.69. The number of hydrogen-bond donors (Lipinski definition) is 1. The SMILES string of the molecule is NC[C@H](F)C1CCCC1. The van der Waals surface area contributed by atoms with Gasteiger partial charge in [0.1, 0.15) is 6.17 Å².